The molecule has 0 saturated heterocycles. The van der Waals surface area contributed by atoms with Gasteiger partial charge in [-0.2, -0.15) is 10.4 Å². The molecule has 0 saturated carbocycles. The minimum absolute atomic E-state index is 0.0350. The summed E-state index contributed by atoms with van der Waals surface area (Å²) in [5.41, 5.74) is 4.86. The Morgan fingerprint density at radius 3 is 2.16 bits per heavy atom. The molecule has 3 aromatic heterocycles. The molecule has 8 heteroatoms. The number of aryl methyl sites for hydroxylation is 2. The highest BCUT2D eigenvalue weighted by molar-refractivity contribution is 5.98. The Labute approximate surface area is 248 Å². The van der Waals surface area contributed by atoms with E-state index in [2.05, 4.69) is 11.4 Å². The molecule has 0 aliphatic carbocycles. The van der Waals surface area contributed by atoms with Crippen LogP contribution in [0.5, 0.6) is 0 Å². The third-order valence-electron chi connectivity index (χ3n) is 7.59. The Kier molecular flexibility index (Phi) is 7.22. The minimum atomic E-state index is -0.911. The first-order valence-corrected chi connectivity index (χ1v) is 14.1. The Morgan fingerprint density at radius 2 is 1.56 bits per heavy atom. The lowest BCUT2D eigenvalue weighted by molar-refractivity contribution is -0.119. The van der Waals surface area contributed by atoms with Crippen LogP contribution in [0.1, 0.15) is 36.2 Å². The number of nitrogens with one attached hydrogen (secondary N) is 1. The predicted octanol–water partition coefficient (Wildman–Crippen LogP) is 7.19. The van der Waals surface area contributed by atoms with Gasteiger partial charge in [-0.3, -0.25) is 19.5 Å². The molecule has 1 atom stereocenters. The summed E-state index contributed by atoms with van der Waals surface area (Å²) in [5, 5.41) is 18.7. The molecule has 1 unspecified atom stereocenters. The number of nitriles is 1. The molecular weight excluding hydrogens is 538 g/mol. The standard InChI is InChI=1S/C35H29N5O3/c1-4-28(39-29(41)20-22(2)30-23(3)38-40(35(30)39)26-18-12-7-13-19-26)33(42)37-34-27(21-36)31(24-14-8-5-9-15-24)32(43-34)25-16-10-6-11-17-25/h5-20,28H,4H2,1-3H3,(H,37,42). The Balaban J connectivity index is 1.50. The van der Waals surface area contributed by atoms with Crippen LogP contribution in [0.25, 0.3) is 39.2 Å². The molecular formula is C35H29N5O3. The van der Waals surface area contributed by atoms with Crippen molar-refractivity contribution in [2.75, 3.05) is 5.32 Å². The topological polar surface area (TPSA) is 106 Å². The fourth-order valence-corrected chi connectivity index (χ4v) is 5.66. The number of benzene rings is 3. The average Bonchev–Trinajstić information content (AvgIpc) is 3.58. The van der Waals surface area contributed by atoms with E-state index in [1.165, 1.54) is 10.6 Å². The summed E-state index contributed by atoms with van der Waals surface area (Å²) in [5.74, 6) is 0.0323. The molecule has 1 amide bonds. The van der Waals surface area contributed by atoms with Crippen LogP contribution in [0.3, 0.4) is 0 Å². The Hall–Kier alpha value is -5.68. The third kappa shape index (κ3) is 4.81. The van der Waals surface area contributed by atoms with Gasteiger partial charge in [0.05, 0.1) is 11.4 Å². The number of pyridine rings is 1. The molecule has 3 heterocycles. The highest BCUT2D eigenvalue weighted by atomic mass is 16.4. The molecule has 0 aliphatic rings. The normalized spacial score (nSPS) is 11.8. The van der Waals surface area contributed by atoms with Crippen LogP contribution >= 0.6 is 0 Å². The summed E-state index contributed by atoms with van der Waals surface area (Å²) in [4.78, 5) is 27.7. The second kappa shape index (κ2) is 11.3. The molecule has 8 nitrogen and oxygen atoms in total. The second-order valence-corrected chi connectivity index (χ2v) is 10.3. The van der Waals surface area contributed by atoms with E-state index in [-0.39, 0.29) is 17.0 Å². The first-order chi connectivity index (χ1) is 20.9. The molecule has 6 aromatic rings. The number of nitrogens with zero attached hydrogens (tertiary/aromatic N) is 4. The van der Waals surface area contributed by atoms with Crippen molar-refractivity contribution in [3.63, 3.8) is 0 Å². The number of hydrogen-bond acceptors (Lipinski definition) is 5. The van der Waals surface area contributed by atoms with E-state index in [1.807, 2.05) is 112 Å². The largest absolute Gasteiger partial charge is 0.438 e. The zero-order valence-electron chi connectivity index (χ0n) is 24.0. The second-order valence-electron chi connectivity index (χ2n) is 10.3. The monoisotopic (exact) mass is 567 g/mol. The van der Waals surface area contributed by atoms with Gasteiger partial charge in [0.2, 0.25) is 11.8 Å². The smallest absolute Gasteiger partial charge is 0.253 e. The van der Waals surface area contributed by atoms with Crippen molar-refractivity contribution in [1.82, 2.24) is 14.3 Å². The van der Waals surface area contributed by atoms with Gasteiger partial charge in [-0.15, -0.1) is 0 Å². The van der Waals surface area contributed by atoms with Crippen molar-refractivity contribution in [1.29, 1.82) is 5.26 Å². The third-order valence-corrected chi connectivity index (χ3v) is 7.59. The van der Waals surface area contributed by atoms with E-state index in [9.17, 15) is 14.9 Å². The van der Waals surface area contributed by atoms with Crippen molar-refractivity contribution < 1.29 is 9.21 Å². The van der Waals surface area contributed by atoms with Crippen LogP contribution in [0.15, 0.2) is 106 Å². The van der Waals surface area contributed by atoms with Crippen LogP contribution in [0.4, 0.5) is 5.88 Å². The van der Waals surface area contributed by atoms with Gasteiger partial charge in [-0.05, 0) is 43.5 Å². The van der Waals surface area contributed by atoms with Crippen LogP contribution in [0.2, 0.25) is 0 Å². The van der Waals surface area contributed by atoms with E-state index < -0.39 is 11.9 Å². The number of rotatable bonds is 7. The van der Waals surface area contributed by atoms with Gasteiger partial charge in [-0.25, -0.2) is 4.68 Å². The lowest BCUT2D eigenvalue weighted by Gasteiger charge is -2.20. The van der Waals surface area contributed by atoms with Crippen LogP contribution in [-0.4, -0.2) is 20.3 Å². The number of hydrogen-bond donors (Lipinski definition) is 1. The van der Waals surface area contributed by atoms with E-state index >= 15 is 0 Å². The van der Waals surface area contributed by atoms with Gasteiger partial charge in [0.25, 0.3) is 5.56 Å². The van der Waals surface area contributed by atoms with Gasteiger partial charge >= 0.3 is 0 Å². The molecule has 0 fully saturated rings. The average molecular weight is 568 g/mol. The maximum atomic E-state index is 14.1. The van der Waals surface area contributed by atoms with Crippen LogP contribution < -0.4 is 10.9 Å². The van der Waals surface area contributed by atoms with Gasteiger partial charge in [0.15, 0.2) is 0 Å². The molecule has 3 aromatic carbocycles. The number of furan rings is 1. The molecule has 0 bridgehead atoms. The summed E-state index contributed by atoms with van der Waals surface area (Å²) in [6, 6.07) is 31.3. The van der Waals surface area contributed by atoms with Crippen LogP contribution in [-0.2, 0) is 4.79 Å². The number of anilines is 1. The maximum Gasteiger partial charge on any atom is 0.253 e. The summed E-state index contributed by atoms with van der Waals surface area (Å²) < 4.78 is 9.46. The Bertz CT molecular complexity index is 2050. The first kappa shape index (κ1) is 27.5. The summed E-state index contributed by atoms with van der Waals surface area (Å²) in [7, 11) is 0. The quantitative estimate of drug-likeness (QED) is 0.220. The predicted molar refractivity (Wildman–Crippen MR) is 167 cm³/mol. The van der Waals surface area contributed by atoms with Gasteiger partial charge in [0, 0.05) is 22.6 Å². The lowest BCUT2D eigenvalue weighted by atomic mass is 9.98. The first-order valence-electron chi connectivity index (χ1n) is 14.1. The molecule has 0 spiro atoms. The van der Waals surface area contributed by atoms with Gasteiger partial charge < -0.3 is 4.42 Å². The van der Waals surface area contributed by atoms with Gasteiger partial charge in [-0.1, -0.05) is 85.8 Å². The molecule has 6 rings (SSSR count). The SMILES string of the molecule is CCC(C(=O)Nc1oc(-c2ccccc2)c(-c2ccccc2)c1C#N)n1c(=O)cc(C)c2c(C)nn(-c3ccccc3)c21. The van der Waals surface area contributed by atoms with Crippen molar-refractivity contribution in [2.24, 2.45) is 0 Å². The van der Waals surface area contributed by atoms with Crippen molar-refractivity contribution in [3.05, 3.63) is 124 Å². The number of amides is 1. The molecule has 0 radical (unpaired) electrons. The number of aromatic nitrogens is 3. The van der Waals surface area contributed by atoms with E-state index in [0.29, 0.717) is 23.4 Å². The maximum absolute atomic E-state index is 14.1. The molecule has 212 valence electrons. The van der Waals surface area contributed by atoms with Crippen molar-refractivity contribution in [2.45, 2.75) is 33.2 Å². The molecule has 0 aliphatic heterocycles. The summed E-state index contributed by atoms with van der Waals surface area (Å²) >= 11 is 0. The fourth-order valence-electron chi connectivity index (χ4n) is 5.66. The zero-order chi connectivity index (χ0) is 30.1. The summed E-state index contributed by atoms with van der Waals surface area (Å²) in [6.07, 6.45) is 0.308. The minimum Gasteiger partial charge on any atom is -0.438 e. The number of para-hydroxylation sites is 1. The van der Waals surface area contributed by atoms with Crippen LogP contribution in [0, 0.1) is 25.2 Å². The number of carbonyl (C=O) groups is 1. The van der Waals surface area contributed by atoms with Crippen molar-refractivity contribution >= 4 is 22.8 Å². The van der Waals surface area contributed by atoms with E-state index in [1.54, 1.807) is 4.68 Å². The number of fused-ring (bicyclic) bond motifs is 1. The summed E-state index contributed by atoms with van der Waals surface area (Å²) in [6.45, 7) is 5.61. The molecule has 43 heavy (non-hydrogen) atoms. The Morgan fingerprint density at radius 1 is 0.953 bits per heavy atom. The van der Waals surface area contributed by atoms with E-state index in [0.717, 1.165) is 33.5 Å². The number of carbonyl (C=O) groups excluding carboxylic acids is 1. The van der Waals surface area contributed by atoms with E-state index in [4.69, 9.17) is 9.52 Å². The lowest BCUT2D eigenvalue weighted by Crippen LogP contribution is -2.34. The fraction of sp³-hybridized carbons (Fsp3) is 0.143. The zero-order valence-corrected chi connectivity index (χ0v) is 24.0. The molecule has 1 N–H and O–H groups in total. The highest BCUT2D eigenvalue weighted by Crippen LogP contribution is 2.41. The van der Waals surface area contributed by atoms with Gasteiger partial charge in [0.1, 0.15) is 29.1 Å². The highest BCUT2D eigenvalue weighted by Gasteiger charge is 2.29. The van der Waals surface area contributed by atoms with Crippen molar-refractivity contribution in [3.8, 4) is 34.2 Å².